The summed E-state index contributed by atoms with van der Waals surface area (Å²) in [4.78, 5) is 28.4. The van der Waals surface area contributed by atoms with Crippen molar-refractivity contribution in [1.29, 1.82) is 0 Å². The number of thiazole rings is 1. The lowest BCUT2D eigenvalue weighted by atomic mass is 10.2. The Morgan fingerprint density at radius 3 is 2.36 bits per heavy atom. The molecule has 0 spiro atoms. The molecular formula is C15H18N4O4S2. The first-order valence-corrected chi connectivity index (χ1v) is 9.61. The third-order valence-corrected chi connectivity index (χ3v) is 5.31. The van der Waals surface area contributed by atoms with Crippen molar-refractivity contribution in [2.75, 3.05) is 18.4 Å². The summed E-state index contributed by atoms with van der Waals surface area (Å²) < 4.78 is 26.3. The standard InChI is InChI=1S/C15H18N4O4S2/c1-10-3-5-12(6-4-10)25(22,23)18-9-13(20)16-8-14(21)19-15-17-7-11(2)24-15/h3-7,18H,8-9H2,1-2H3,(H,16,20)(H,17,19,21). The predicted octanol–water partition coefficient (Wildman–Crippen LogP) is 0.793. The van der Waals surface area contributed by atoms with Crippen LogP contribution in [-0.2, 0) is 19.6 Å². The number of anilines is 1. The maximum absolute atomic E-state index is 12.1. The van der Waals surface area contributed by atoms with Crippen LogP contribution in [0.2, 0.25) is 0 Å². The number of carbonyl (C=O) groups excluding carboxylic acids is 2. The van der Waals surface area contributed by atoms with Gasteiger partial charge in [0, 0.05) is 11.1 Å². The van der Waals surface area contributed by atoms with E-state index in [9.17, 15) is 18.0 Å². The molecule has 0 aliphatic carbocycles. The van der Waals surface area contributed by atoms with Crippen LogP contribution in [0.1, 0.15) is 10.4 Å². The second-order valence-electron chi connectivity index (χ2n) is 5.24. The summed E-state index contributed by atoms with van der Waals surface area (Å²) in [6.45, 7) is 2.97. The molecule has 1 aromatic heterocycles. The van der Waals surface area contributed by atoms with Crippen molar-refractivity contribution in [2.45, 2.75) is 18.7 Å². The van der Waals surface area contributed by atoms with Gasteiger partial charge in [-0.3, -0.25) is 9.59 Å². The molecule has 10 heteroatoms. The van der Waals surface area contributed by atoms with Crippen LogP contribution in [0, 0.1) is 13.8 Å². The van der Waals surface area contributed by atoms with Crippen LogP contribution in [0.4, 0.5) is 5.13 Å². The number of sulfonamides is 1. The molecule has 2 aromatic rings. The Bertz CT molecular complexity index is 860. The molecule has 8 nitrogen and oxygen atoms in total. The van der Waals surface area contributed by atoms with E-state index in [-0.39, 0.29) is 11.4 Å². The number of rotatable bonds is 7. The maximum atomic E-state index is 12.1. The molecule has 1 heterocycles. The highest BCUT2D eigenvalue weighted by Crippen LogP contribution is 2.15. The van der Waals surface area contributed by atoms with E-state index in [1.165, 1.54) is 23.5 Å². The molecule has 2 rings (SSSR count). The van der Waals surface area contributed by atoms with Gasteiger partial charge in [0.05, 0.1) is 18.0 Å². The van der Waals surface area contributed by atoms with Crippen molar-refractivity contribution in [1.82, 2.24) is 15.0 Å². The molecule has 0 saturated heterocycles. The second-order valence-corrected chi connectivity index (χ2v) is 8.24. The highest BCUT2D eigenvalue weighted by atomic mass is 32.2. The van der Waals surface area contributed by atoms with Crippen molar-refractivity contribution in [2.24, 2.45) is 0 Å². The number of aryl methyl sites for hydroxylation is 2. The van der Waals surface area contributed by atoms with Gasteiger partial charge >= 0.3 is 0 Å². The van der Waals surface area contributed by atoms with Gasteiger partial charge in [0.15, 0.2) is 5.13 Å². The van der Waals surface area contributed by atoms with Gasteiger partial charge in [0.2, 0.25) is 21.8 Å². The molecule has 2 amide bonds. The van der Waals surface area contributed by atoms with Gasteiger partial charge in [-0.2, -0.15) is 0 Å². The average molecular weight is 382 g/mol. The number of aromatic nitrogens is 1. The van der Waals surface area contributed by atoms with E-state index in [1.54, 1.807) is 18.3 Å². The molecule has 134 valence electrons. The molecule has 0 aliphatic rings. The van der Waals surface area contributed by atoms with Gasteiger partial charge in [-0.1, -0.05) is 17.7 Å². The Labute approximate surface area is 149 Å². The Hall–Kier alpha value is -2.30. The minimum absolute atomic E-state index is 0.0720. The quantitative estimate of drug-likeness (QED) is 0.655. The molecule has 0 bridgehead atoms. The fourth-order valence-corrected chi connectivity index (χ4v) is 3.44. The molecule has 25 heavy (non-hydrogen) atoms. The van der Waals surface area contributed by atoms with E-state index in [1.807, 2.05) is 13.8 Å². The summed E-state index contributed by atoms with van der Waals surface area (Å²) in [7, 11) is -3.78. The van der Waals surface area contributed by atoms with Gasteiger partial charge in [-0.05, 0) is 26.0 Å². The van der Waals surface area contributed by atoms with E-state index in [0.29, 0.717) is 5.13 Å². The molecule has 0 unspecified atom stereocenters. The van der Waals surface area contributed by atoms with Crippen molar-refractivity contribution < 1.29 is 18.0 Å². The highest BCUT2D eigenvalue weighted by Gasteiger charge is 2.15. The van der Waals surface area contributed by atoms with Crippen molar-refractivity contribution in [3.8, 4) is 0 Å². The number of nitrogens with zero attached hydrogens (tertiary/aromatic N) is 1. The molecular weight excluding hydrogens is 364 g/mol. The SMILES string of the molecule is Cc1ccc(S(=O)(=O)NCC(=O)NCC(=O)Nc2ncc(C)s2)cc1. The Kier molecular flexibility index (Phi) is 6.23. The largest absolute Gasteiger partial charge is 0.346 e. The van der Waals surface area contributed by atoms with E-state index >= 15 is 0 Å². The normalized spacial score (nSPS) is 11.1. The zero-order valence-corrected chi connectivity index (χ0v) is 15.3. The van der Waals surface area contributed by atoms with Crippen LogP contribution in [-0.4, -0.2) is 38.3 Å². The van der Waals surface area contributed by atoms with E-state index < -0.39 is 28.4 Å². The highest BCUT2D eigenvalue weighted by molar-refractivity contribution is 7.89. The smallest absolute Gasteiger partial charge is 0.245 e. The third kappa shape index (κ3) is 5.93. The summed E-state index contributed by atoms with van der Waals surface area (Å²) in [5, 5.41) is 5.32. The van der Waals surface area contributed by atoms with E-state index in [2.05, 4.69) is 20.3 Å². The van der Waals surface area contributed by atoms with Crippen molar-refractivity contribution in [3.05, 3.63) is 40.9 Å². The lowest BCUT2D eigenvalue weighted by Crippen LogP contribution is -2.40. The monoisotopic (exact) mass is 382 g/mol. The van der Waals surface area contributed by atoms with Crippen LogP contribution in [0.15, 0.2) is 35.4 Å². The molecule has 3 N–H and O–H groups in total. The lowest BCUT2D eigenvalue weighted by molar-refractivity contribution is -0.123. The number of hydrogen-bond acceptors (Lipinski definition) is 6. The first kappa shape index (κ1) is 19.0. The number of nitrogens with one attached hydrogen (secondary N) is 3. The predicted molar refractivity (Wildman–Crippen MR) is 94.9 cm³/mol. The van der Waals surface area contributed by atoms with Crippen LogP contribution in [0.25, 0.3) is 0 Å². The Morgan fingerprint density at radius 2 is 1.76 bits per heavy atom. The molecule has 0 atom stereocenters. The minimum Gasteiger partial charge on any atom is -0.346 e. The number of hydrogen-bond donors (Lipinski definition) is 3. The fraction of sp³-hybridized carbons (Fsp3) is 0.267. The Balaban J connectivity index is 1.78. The first-order chi connectivity index (χ1) is 11.8. The molecule has 0 fully saturated rings. The average Bonchev–Trinajstić information content (AvgIpc) is 2.96. The van der Waals surface area contributed by atoms with E-state index in [0.717, 1.165) is 10.4 Å². The lowest BCUT2D eigenvalue weighted by Gasteiger charge is -2.08. The summed E-state index contributed by atoms with van der Waals surface area (Å²) in [6.07, 6.45) is 1.62. The van der Waals surface area contributed by atoms with Crippen LogP contribution in [0.5, 0.6) is 0 Å². The van der Waals surface area contributed by atoms with Crippen molar-refractivity contribution in [3.63, 3.8) is 0 Å². The molecule has 0 aliphatic heterocycles. The third-order valence-electron chi connectivity index (χ3n) is 3.07. The number of carbonyl (C=O) groups is 2. The minimum atomic E-state index is -3.78. The van der Waals surface area contributed by atoms with Gasteiger partial charge in [-0.25, -0.2) is 18.1 Å². The molecule has 1 aromatic carbocycles. The van der Waals surface area contributed by atoms with Gasteiger partial charge in [-0.15, -0.1) is 11.3 Å². The second kappa shape index (κ2) is 8.19. The van der Waals surface area contributed by atoms with Crippen molar-refractivity contribution >= 4 is 38.3 Å². The molecule has 0 saturated carbocycles. The fourth-order valence-electron chi connectivity index (χ4n) is 1.78. The summed E-state index contributed by atoms with van der Waals surface area (Å²) >= 11 is 1.32. The maximum Gasteiger partial charge on any atom is 0.245 e. The van der Waals surface area contributed by atoms with Crippen LogP contribution >= 0.6 is 11.3 Å². The summed E-state index contributed by atoms with van der Waals surface area (Å²) in [5.41, 5.74) is 0.929. The van der Waals surface area contributed by atoms with Gasteiger partial charge in [0.1, 0.15) is 0 Å². The first-order valence-electron chi connectivity index (χ1n) is 7.31. The van der Waals surface area contributed by atoms with Gasteiger partial charge in [0.25, 0.3) is 0 Å². The number of benzene rings is 1. The topological polar surface area (TPSA) is 117 Å². The summed E-state index contributed by atoms with van der Waals surface area (Å²) in [6, 6.07) is 6.25. The van der Waals surface area contributed by atoms with Gasteiger partial charge < -0.3 is 10.6 Å². The zero-order chi connectivity index (χ0) is 18.4. The van der Waals surface area contributed by atoms with E-state index in [4.69, 9.17) is 0 Å². The molecule has 0 radical (unpaired) electrons. The van der Waals surface area contributed by atoms with Crippen LogP contribution < -0.4 is 15.4 Å². The number of amides is 2. The summed E-state index contributed by atoms with van der Waals surface area (Å²) in [5.74, 6) is -1.05. The zero-order valence-electron chi connectivity index (χ0n) is 13.7. The Morgan fingerprint density at radius 1 is 1.08 bits per heavy atom. The van der Waals surface area contributed by atoms with Crippen LogP contribution in [0.3, 0.4) is 0 Å².